The van der Waals surface area contributed by atoms with E-state index in [1.165, 1.54) is 32.1 Å². The molecule has 5 heteroatoms. The molecule has 0 atom stereocenters. The van der Waals surface area contributed by atoms with Gasteiger partial charge in [-0.2, -0.15) is 0 Å². The number of hydrogen-bond donors (Lipinski definition) is 0. The fourth-order valence-corrected chi connectivity index (χ4v) is 4.32. The number of amides is 2. The predicted molar refractivity (Wildman–Crippen MR) is 110 cm³/mol. The second-order valence-electron chi connectivity index (χ2n) is 8.06. The lowest BCUT2D eigenvalue weighted by molar-refractivity contribution is -0.139. The number of rotatable bonds is 7. The maximum atomic E-state index is 12.6. The van der Waals surface area contributed by atoms with Gasteiger partial charge in [0.1, 0.15) is 5.75 Å². The molecule has 2 aliphatic rings. The lowest BCUT2D eigenvalue weighted by atomic mass is 9.86. The Labute approximate surface area is 169 Å². The van der Waals surface area contributed by atoms with Gasteiger partial charge in [0, 0.05) is 32.6 Å². The van der Waals surface area contributed by atoms with E-state index >= 15 is 0 Å². The SMILES string of the molecule is CCOc1ccc(CC(=O)N2CCN(C(=O)CCC3CCCCC3)CC2)cc1. The third-order valence-electron chi connectivity index (χ3n) is 6.07. The average Bonchev–Trinajstić information content (AvgIpc) is 2.74. The molecule has 154 valence electrons. The summed E-state index contributed by atoms with van der Waals surface area (Å²) in [6, 6.07) is 7.73. The molecule has 1 saturated heterocycles. The van der Waals surface area contributed by atoms with Crippen LogP contribution in [0.2, 0.25) is 0 Å². The van der Waals surface area contributed by atoms with Gasteiger partial charge < -0.3 is 14.5 Å². The van der Waals surface area contributed by atoms with E-state index < -0.39 is 0 Å². The summed E-state index contributed by atoms with van der Waals surface area (Å²) in [6.45, 7) is 5.22. The standard InChI is InChI=1S/C23H34N2O3/c1-2-28-21-11-8-20(9-12-21)18-23(27)25-16-14-24(15-17-25)22(26)13-10-19-6-4-3-5-7-19/h8-9,11-12,19H,2-7,10,13-18H2,1H3. The van der Waals surface area contributed by atoms with Crippen molar-refractivity contribution in [3.05, 3.63) is 29.8 Å². The molecule has 1 aliphatic heterocycles. The number of carbonyl (C=O) groups is 2. The van der Waals surface area contributed by atoms with Crippen LogP contribution in [0.15, 0.2) is 24.3 Å². The van der Waals surface area contributed by atoms with Gasteiger partial charge in [-0.15, -0.1) is 0 Å². The molecule has 1 aromatic carbocycles. The van der Waals surface area contributed by atoms with E-state index in [4.69, 9.17) is 4.74 Å². The van der Waals surface area contributed by atoms with Crippen LogP contribution in [0.3, 0.4) is 0 Å². The third-order valence-corrected chi connectivity index (χ3v) is 6.07. The first-order valence-electron chi connectivity index (χ1n) is 10.9. The zero-order valence-corrected chi connectivity index (χ0v) is 17.2. The molecule has 2 fully saturated rings. The number of benzene rings is 1. The summed E-state index contributed by atoms with van der Waals surface area (Å²) in [5.74, 6) is 1.98. The maximum absolute atomic E-state index is 12.6. The highest BCUT2D eigenvalue weighted by Gasteiger charge is 2.24. The van der Waals surface area contributed by atoms with E-state index in [1.54, 1.807) is 0 Å². The van der Waals surface area contributed by atoms with Gasteiger partial charge in [-0.25, -0.2) is 0 Å². The van der Waals surface area contributed by atoms with E-state index in [9.17, 15) is 9.59 Å². The molecule has 1 aliphatic carbocycles. The van der Waals surface area contributed by atoms with Crippen LogP contribution in [0.4, 0.5) is 0 Å². The predicted octanol–water partition coefficient (Wildman–Crippen LogP) is 3.66. The van der Waals surface area contributed by atoms with Gasteiger partial charge in [0.15, 0.2) is 0 Å². The third kappa shape index (κ3) is 5.98. The van der Waals surface area contributed by atoms with Crippen LogP contribution in [-0.2, 0) is 16.0 Å². The summed E-state index contributed by atoms with van der Waals surface area (Å²) in [6.07, 6.45) is 8.71. The molecule has 3 rings (SSSR count). The molecule has 0 spiro atoms. The monoisotopic (exact) mass is 386 g/mol. The lowest BCUT2D eigenvalue weighted by Gasteiger charge is -2.35. The Bertz CT molecular complexity index is 630. The first kappa shape index (κ1) is 20.7. The molecular weight excluding hydrogens is 352 g/mol. The summed E-state index contributed by atoms with van der Waals surface area (Å²) in [5.41, 5.74) is 0.999. The van der Waals surface area contributed by atoms with Crippen LogP contribution >= 0.6 is 0 Å². The highest BCUT2D eigenvalue weighted by atomic mass is 16.5. The minimum absolute atomic E-state index is 0.137. The van der Waals surface area contributed by atoms with Gasteiger partial charge >= 0.3 is 0 Å². The second-order valence-corrected chi connectivity index (χ2v) is 8.06. The van der Waals surface area contributed by atoms with Crippen molar-refractivity contribution in [3.63, 3.8) is 0 Å². The van der Waals surface area contributed by atoms with Crippen molar-refractivity contribution < 1.29 is 14.3 Å². The van der Waals surface area contributed by atoms with Crippen molar-refractivity contribution in [2.24, 2.45) is 5.92 Å². The van der Waals surface area contributed by atoms with Crippen molar-refractivity contribution in [2.45, 2.75) is 58.3 Å². The molecule has 1 saturated carbocycles. The Hall–Kier alpha value is -2.04. The van der Waals surface area contributed by atoms with Gasteiger partial charge in [0.25, 0.3) is 0 Å². The highest BCUT2D eigenvalue weighted by Crippen LogP contribution is 2.27. The first-order valence-corrected chi connectivity index (χ1v) is 10.9. The van der Waals surface area contributed by atoms with Crippen molar-refractivity contribution in [1.29, 1.82) is 0 Å². The lowest BCUT2D eigenvalue weighted by Crippen LogP contribution is -2.51. The topological polar surface area (TPSA) is 49.9 Å². The first-order chi connectivity index (χ1) is 13.7. The molecule has 1 aromatic rings. The van der Waals surface area contributed by atoms with Crippen molar-refractivity contribution in [1.82, 2.24) is 9.80 Å². The normalized spacial score (nSPS) is 18.2. The van der Waals surface area contributed by atoms with Gasteiger partial charge in [0.2, 0.25) is 11.8 Å². The summed E-state index contributed by atoms with van der Waals surface area (Å²) in [4.78, 5) is 28.9. The Morgan fingerprint density at radius 3 is 2.14 bits per heavy atom. The van der Waals surface area contributed by atoms with Crippen LogP contribution in [0.5, 0.6) is 5.75 Å². The Balaban J connectivity index is 1.38. The van der Waals surface area contributed by atoms with Gasteiger partial charge in [-0.1, -0.05) is 44.2 Å². The minimum atomic E-state index is 0.137. The summed E-state index contributed by atoms with van der Waals surface area (Å²) in [7, 11) is 0. The van der Waals surface area contributed by atoms with E-state index in [1.807, 2.05) is 41.0 Å². The van der Waals surface area contributed by atoms with Gasteiger partial charge in [-0.05, 0) is 37.0 Å². The molecule has 0 unspecified atom stereocenters. The Morgan fingerprint density at radius 2 is 1.54 bits per heavy atom. The van der Waals surface area contributed by atoms with Crippen molar-refractivity contribution >= 4 is 11.8 Å². The molecule has 0 radical (unpaired) electrons. The molecule has 5 nitrogen and oxygen atoms in total. The van der Waals surface area contributed by atoms with Crippen LogP contribution < -0.4 is 4.74 Å². The summed E-state index contributed by atoms with van der Waals surface area (Å²) in [5, 5.41) is 0. The molecule has 1 heterocycles. The Kier molecular flexibility index (Phi) is 7.75. The van der Waals surface area contributed by atoms with E-state index in [-0.39, 0.29) is 11.8 Å². The summed E-state index contributed by atoms with van der Waals surface area (Å²) < 4.78 is 5.44. The number of hydrogen-bond acceptors (Lipinski definition) is 3. The Morgan fingerprint density at radius 1 is 0.929 bits per heavy atom. The molecule has 2 amide bonds. The van der Waals surface area contributed by atoms with Crippen LogP contribution in [0, 0.1) is 5.92 Å². The number of ether oxygens (including phenoxy) is 1. The highest BCUT2D eigenvalue weighted by molar-refractivity contribution is 5.80. The fourth-order valence-electron chi connectivity index (χ4n) is 4.32. The molecule has 0 N–H and O–H groups in total. The molecular formula is C23H34N2O3. The minimum Gasteiger partial charge on any atom is -0.494 e. The number of piperazine rings is 1. The maximum Gasteiger partial charge on any atom is 0.227 e. The summed E-state index contributed by atoms with van der Waals surface area (Å²) >= 11 is 0. The quantitative estimate of drug-likeness (QED) is 0.719. The molecule has 0 bridgehead atoms. The van der Waals surface area contributed by atoms with E-state index in [0.717, 1.165) is 23.7 Å². The molecule has 28 heavy (non-hydrogen) atoms. The van der Waals surface area contributed by atoms with Crippen molar-refractivity contribution in [2.75, 3.05) is 32.8 Å². The fraction of sp³-hybridized carbons (Fsp3) is 0.652. The second kappa shape index (κ2) is 10.5. The van der Waals surface area contributed by atoms with Crippen molar-refractivity contribution in [3.8, 4) is 5.75 Å². The smallest absolute Gasteiger partial charge is 0.227 e. The van der Waals surface area contributed by atoms with E-state index in [0.29, 0.717) is 45.6 Å². The van der Waals surface area contributed by atoms with Crippen LogP contribution in [-0.4, -0.2) is 54.4 Å². The molecule has 0 aromatic heterocycles. The number of carbonyl (C=O) groups excluding carboxylic acids is 2. The van der Waals surface area contributed by atoms with Crippen LogP contribution in [0.25, 0.3) is 0 Å². The van der Waals surface area contributed by atoms with E-state index in [2.05, 4.69) is 0 Å². The van der Waals surface area contributed by atoms with Gasteiger partial charge in [0.05, 0.1) is 13.0 Å². The zero-order valence-electron chi connectivity index (χ0n) is 17.2. The van der Waals surface area contributed by atoms with Crippen LogP contribution in [0.1, 0.15) is 57.4 Å². The zero-order chi connectivity index (χ0) is 19.8. The largest absolute Gasteiger partial charge is 0.494 e. The average molecular weight is 387 g/mol. The van der Waals surface area contributed by atoms with Gasteiger partial charge in [-0.3, -0.25) is 9.59 Å². The number of nitrogens with zero attached hydrogens (tertiary/aromatic N) is 2.